The second kappa shape index (κ2) is 32.5. The van der Waals surface area contributed by atoms with Gasteiger partial charge in [0.25, 0.3) is 0 Å². The van der Waals surface area contributed by atoms with E-state index >= 15 is 0 Å². The lowest BCUT2D eigenvalue weighted by Gasteiger charge is -2.20. The SMILES string of the molecule is CCCCC/C=C/CC/C=C/C(O)C(CO)NC(=O)CC(O)CCCCCCC/C=C\CCCCCCCCCCC. The first kappa shape index (κ1) is 40.6. The summed E-state index contributed by atoms with van der Waals surface area (Å²) in [4.78, 5) is 12.3. The Hall–Kier alpha value is -1.43. The molecule has 0 aromatic rings. The van der Waals surface area contributed by atoms with Gasteiger partial charge in [0.05, 0.1) is 31.3 Å². The Bertz CT molecular complexity index is 660. The van der Waals surface area contributed by atoms with Gasteiger partial charge in [0.2, 0.25) is 5.91 Å². The standard InChI is InChI=1S/C37H69NO4/c1-3-5-7-9-11-13-14-15-16-17-18-19-20-21-23-24-26-28-30-34(40)32-37(42)38-35(33-39)36(41)31-29-27-25-22-12-10-8-6-4-2/h12,18-19,22,29,31,34-36,39-41H,3-11,13-17,20-21,23-28,30,32-33H2,1-2H3,(H,38,42)/b19-18-,22-12+,31-29+. The van der Waals surface area contributed by atoms with Gasteiger partial charge in [-0.2, -0.15) is 0 Å². The molecule has 42 heavy (non-hydrogen) atoms. The lowest BCUT2D eigenvalue weighted by atomic mass is 10.0. The zero-order valence-corrected chi connectivity index (χ0v) is 27.6. The molecule has 0 rings (SSSR count). The average molecular weight is 592 g/mol. The Kier molecular flexibility index (Phi) is 31.4. The number of nitrogens with one attached hydrogen (secondary N) is 1. The molecule has 0 saturated heterocycles. The van der Waals surface area contributed by atoms with Crippen LogP contribution in [0.25, 0.3) is 0 Å². The summed E-state index contributed by atoms with van der Waals surface area (Å²) in [5.41, 5.74) is 0. The molecule has 4 N–H and O–H groups in total. The predicted octanol–water partition coefficient (Wildman–Crippen LogP) is 9.26. The van der Waals surface area contributed by atoms with Gasteiger partial charge in [0, 0.05) is 0 Å². The van der Waals surface area contributed by atoms with Crippen LogP contribution in [0.5, 0.6) is 0 Å². The van der Waals surface area contributed by atoms with E-state index in [4.69, 9.17) is 0 Å². The van der Waals surface area contributed by atoms with E-state index in [2.05, 4.69) is 43.5 Å². The quantitative estimate of drug-likeness (QED) is 0.0478. The van der Waals surface area contributed by atoms with Gasteiger partial charge >= 0.3 is 0 Å². The minimum Gasteiger partial charge on any atom is -0.394 e. The molecule has 246 valence electrons. The lowest BCUT2D eigenvalue weighted by Crippen LogP contribution is -2.45. The third kappa shape index (κ3) is 28.7. The van der Waals surface area contributed by atoms with Crippen molar-refractivity contribution in [2.24, 2.45) is 0 Å². The number of allylic oxidation sites excluding steroid dienone is 5. The van der Waals surface area contributed by atoms with Crippen LogP contribution in [0, 0.1) is 0 Å². The minimum absolute atomic E-state index is 0.000483. The zero-order valence-electron chi connectivity index (χ0n) is 27.6. The van der Waals surface area contributed by atoms with Crippen LogP contribution in [0.15, 0.2) is 36.5 Å². The fourth-order valence-electron chi connectivity index (χ4n) is 5.11. The summed E-state index contributed by atoms with van der Waals surface area (Å²) in [6, 6.07) is -0.760. The summed E-state index contributed by atoms with van der Waals surface area (Å²) in [6.45, 7) is 4.12. The van der Waals surface area contributed by atoms with E-state index in [1.807, 2.05) is 6.08 Å². The van der Waals surface area contributed by atoms with E-state index in [0.29, 0.717) is 6.42 Å². The van der Waals surface area contributed by atoms with Crippen molar-refractivity contribution in [2.45, 2.75) is 186 Å². The first-order valence-electron chi connectivity index (χ1n) is 17.8. The maximum Gasteiger partial charge on any atom is 0.222 e. The van der Waals surface area contributed by atoms with Crippen LogP contribution in [0.2, 0.25) is 0 Å². The lowest BCUT2D eigenvalue weighted by molar-refractivity contribution is -0.124. The third-order valence-electron chi connectivity index (χ3n) is 7.90. The zero-order chi connectivity index (χ0) is 30.9. The van der Waals surface area contributed by atoms with Crippen molar-refractivity contribution in [3.63, 3.8) is 0 Å². The normalized spacial score (nSPS) is 14.3. The van der Waals surface area contributed by atoms with Gasteiger partial charge in [-0.3, -0.25) is 4.79 Å². The van der Waals surface area contributed by atoms with Gasteiger partial charge in [-0.1, -0.05) is 140 Å². The summed E-state index contributed by atoms with van der Waals surface area (Å²) in [7, 11) is 0. The van der Waals surface area contributed by atoms with Gasteiger partial charge in [0.15, 0.2) is 0 Å². The minimum atomic E-state index is -0.950. The number of aliphatic hydroxyl groups is 3. The Balaban J connectivity index is 3.74. The molecule has 0 bridgehead atoms. The highest BCUT2D eigenvalue weighted by atomic mass is 16.3. The number of amides is 1. The number of hydrogen-bond donors (Lipinski definition) is 4. The van der Waals surface area contributed by atoms with E-state index in [9.17, 15) is 20.1 Å². The molecule has 0 aromatic heterocycles. The molecule has 3 atom stereocenters. The smallest absolute Gasteiger partial charge is 0.222 e. The summed E-state index contributed by atoms with van der Waals surface area (Å²) in [5.74, 6) is -0.335. The van der Waals surface area contributed by atoms with Crippen molar-refractivity contribution in [1.82, 2.24) is 5.32 Å². The number of unbranched alkanes of at least 4 members (excludes halogenated alkanes) is 18. The Labute approximate surface area is 260 Å². The van der Waals surface area contributed by atoms with Crippen molar-refractivity contribution < 1.29 is 20.1 Å². The fraction of sp³-hybridized carbons (Fsp3) is 0.811. The molecule has 0 aromatic carbocycles. The fourth-order valence-corrected chi connectivity index (χ4v) is 5.11. The van der Waals surface area contributed by atoms with Crippen LogP contribution in [-0.2, 0) is 4.79 Å². The molecule has 0 spiro atoms. The van der Waals surface area contributed by atoms with Crippen LogP contribution in [-0.4, -0.2) is 46.1 Å². The number of hydrogen-bond acceptors (Lipinski definition) is 4. The highest BCUT2D eigenvalue weighted by molar-refractivity contribution is 5.76. The van der Waals surface area contributed by atoms with Gasteiger partial charge in [-0.25, -0.2) is 0 Å². The van der Waals surface area contributed by atoms with Crippen molar-refractivity contribution in [2.75, 3.05) is 6.61 Å². The maximum absolute atomic E-state index is 12.3. The average Bonchev–Trinajstić information content (AvgIpc) is 2.98. The van der Waals surface area contributed by atoms with Gasteiger partial charge < -0.3 is 20.6 Å². The number of carbonyl (C=O) groups excluding carboxylic acids is 1. The number of aliphatic hydroxyl groups excluding tert-OH is 3. The monoisotopic (exact) mass is 592 g/mol. The summed E-state index contributed by atoms with van der Waals surface area (Å²) < 4.78 is 0. The van der Waals surface area contributed by atoms with Crippen molar-refractivity contribution >= 4 is 5.91 Å². The van der Waals surface area contributed by atoms with Crippen molar-refractivity contribution in [1.29, 1.82) is 0 Å². The molecule has 0 heterocycles. The molecule has 1 amide bonds. The van der Waals surface area contributed by atoms with Crippen LogP contribution in [0.4, 0.5) is 0 Å². The predicted molar refractivity (Wildman–Crippen MR) is 181 cm³/mol. The molecular weight excluding hydrogens is 522 g/mol. The second-order valence-electron chi connectivity index (χ2n) is 12.1. The van der Waals surface area contributed by atoms with Gasteiger partial charge in [0.1, 0.15) is 0 Å². The van der Waals surface area contributed by atoms with Crippen LogP contribution < -0.4 is 5.32 Å². The first-order valence-corrected chi connectivity index (χ1v) is 17.8. The van der Waals surface area contributed by atoms with Crippen LogP contribution in [0.1, 0.15) is 168 Å². The molecular formula is C37H69NO4. The molecule has 0 aliphatic rings. The van der Waals surface area contributed by atoms with E-state index < -0.39 is 18.2 Å². The second-order valence-corrected chi connectivity index (χ2v) is 12.1. The molecule has 3 unspecified atom stereocenters. The number of carbonyl (C=O) groups is 1. The highest BCUT2D eigenvalue weighted by Gasteiger charge is 2.20. The molecule has 0 aliphatic heterocycles. The summed E-state index contributed by atoms with van der Waals surface area (Å²) in [6.07, 6.45) is 38.5. The first-order chi connectivity index (χ1) is 20.5. The van der Waals surface area contributed by atoms with E-state index in [1.54, 1.807) is 6.08 Å². The molecule has 0 radical (unpaired) electrons. The topological polar surface area (TPSA) is 89.8 Å². The Morgan fingerprint density at radius 2 is 1.02 bits per heavy atom. The molecule has 5 nitrogen and oxygen atoms in total. The van der Waals surface area contributed by atoms with E-state index in [0.717, 1.165) is 44.9 Å². The highest BCUT2D eigenvalue weighted by Crippen LogP contribution is 2.13. The van der Waals surface area contributed by atoms with E-state index in [-0.39, 0.29) is 18.9 Å². The molecule has 0 aliphatic carbocycles. The molecule has 0 saturated carbocycles. The maximum atomic E-state index is 12.3. The van der Waals surface area contributed by atoms with Crippen LogP contribution >= 0.6 is 0 Å². The Morgan fingerprint density at radius 3 is 1.57 bits per heavy atom. The summed E-state index contributed by atoms with van der Waals surface area (Å²) >= 11 is 0. The number of rotatable bonds is 31. The van der Waals surface area contributed by atoms with E-state index in [1.165, 1.54) is 96.3 Å². The van der Waals surface area contributed by atoms with Gasteiger partial charge in [-0.05, 0) is 57.8 Å². The third-order valence-corrected chi connectivity index (χ3v) is 7.90. The Morgan fingerprint density at radius 1 is 0.595 bits per heavy atom. The van der Waals surface area contributed by atoms with Crippen LogP contribution in [0.3, 0.4) is 0 Å². The molecule has 0 fully saturated rings. The van der Waals surface area contributed by atoms with Crippen molar-refractivity contribution in [3.8, 4) is 0 Å². The molecule has 5 heteroatoms. The van der Waals surface area contributed by atoms with Gasteiger partial charge in [-0.15, -0.1) is 0 Å². The largest absolute Gasteiger partial charge is 0.394 e. The summed E-state index contributed by atoms with van der Waals surface area (Å²) in [5, 5.41) is 32.8. The van der Waals surface area contributed by atoms with Crippen molar-refractivity contribution in [3.05, 3.63) is 36.5 Å².